The Balaban J connectivity index is 1.58. The summed E-state index contributed by atoms with van der Waals surface area (Å²) in [4.78, 5) is 7.29. The van der Waals surface area contributed by atoms with Crippen molar-refractivity contribution >= 4 is 52.1 Å². The van der Waals surface area contributed by atoms with Crippen molar-refractivity contribution in [2.24, 2.45) is 0 Å². The third kappa shape index (κ3) is 6.60. The largest absolute Gasteiger partial charge is 0.369 e. The van der Waals surface area contributed by atoms with Gasteiger partial charge in [0, 0.05) is 66.8 Å². The Morgan fingerprint density at radius 3 is 1.50 bits per heavy atom. The Bertz CT molecular complexity index is 964. The van der Waals surface area contributed by atoms with Crippen LogP contribution >= 0.6 is 46.4 Å². The molecule has 0 atom stereocenters. The molecule has 0 bridgehead atoms. The van der Waals surface area contributed by atoms with Crippen LogP contribution in [0, 0.1) is 0 Å². The molecule has 0 spiro atoms. The van der Waals surface area contributed by atoms with Crippen LogP contribution in [0.2, 0.25) is 10.0 Å². The molecule has 0 saturated carbocycles. The molecule has 1 aliphatic heterocycles. The maximum absolute atomic E-state index is 6.11. The van der Waals surface area contributed by atoms with Gasteiger partial charge in [-0.15, -0.1) is 23.2 Å². The summed E-state index contributed by atoms with van der Waals surface area (Å²) in [5.41, 5.74) is 4.95. The van der Waals surface area contributed by atoms with Gasteiger partial charge in [-0.05, 0) is 53.1 Å². The minimum atomic E-state index is 0.176. The van der Waals surface area contributed by atoms with Crippen LogP contribution in [-0.4, -0.2) is 47.7 Å². The average molecular weight is 537 g/mol. The normalized spacial score (nSPS) is 15.2. The van der Waals surface area contributed by atoms with Gasteiger partial charge in [0.15, 0.2) is 0 Å². The molecule has 180 valence electrons. The third-order valence-corrected chi connectivity index (χ3v) is 7.07. The number of benzene rings is 3. The number of halogens is 4. The lowest BCUT2D eigenvalue weighted by Crippen LogP contribution is -2.31. The quantitative estimate of drug-likeness (QED) is 0.252. The number of alkyl halides is 2. The molecule has 3 nitrogen and oxygen atoms in total. The monoisotopic (exact) mass is 535 g/mol. The lowest BCUT2D eigenvalue weighted by atomic mass is 10.1. The second-order valence-corrected chi connectivity index (χ2v) is 10.2. The Hall–Kier alpha value is -1.46. The first kappa shape index (κ1) is 25.6. The minimum Gasteiger partial charge on any atom is -0.369 e. The SMILES string of the molecule is ClCCN(CCCl)c1ccc(C2N(Cc3ccc(Cl)cc3)CCN2Cc2ccc(Cl)cc2)cc1. The molecule has 7 heteroatoms. The van der Waals surface area contributed by atoms with E-state index in [1.165, 1.54) is 16.7 Å². The van der Waals surface area contributed by atoms with Crippen molar-refractivity contribution < 1.29 is 0 Å². The van der Waals surface area contributed by atoms with Gasteiger partial charge in [0.2, 0.25) is 0 Å². The molecule has 0 N–H and O–H groups in total. The molecule has 1 aliphatic rings. The van der Waals surface area contributed by atoms with E-state index in [9.17, 15) is 0 Å². The summed E-state index contributed by atoms with van der Waals surface area (Å²) in [6.07, 6.45) is 0.176. The summed E-state index contributed by atoms with van der Waals surface area (Å²) >= 11 is 24.2. The molecule has 0 radical (unpaired) electrons. The molecule has 0 amide bonds. The van der Waals surface area contributed by atoms with Crippen molar-refractivity contribution in [1.29, 1.82) is 0 Å². The molecule has 1 fully saturated rings. The highest BCUT2D eigenvalue weighted by Gasteiger charge is 2.33. The van der Waals surface area contributed by atoms with E-state index in [-0.39, 0.29) is 6.17 Å². The van der Waals surface area contributed by atoms with Gasteiger partial charge < -0.3 is 4.90 Å². The van der Waals surface area contributed by atoms with Crippen LogP contribution < -0.4 is 4.90 Å². The van der Waals surface area contributed by atoms with E-state index in [4.69, 9.17) is 46.4 Å². The van der Waals surface area contributed by atoms with Crippen molar-refractivity contribution in [2.75, 3.05) is 42.8 Å². The maximum atomic E-state index is 6.11. The zero-order valence-electron chi connectivity index (χ0n) is 19.0. The highest BCUT2D eigenvalue weighted by Crippen LogP contribution is 2.34. The summed E-state index contributed by atoms with van der Waals surface area (Å²) < 4.78 is 0. The first-order chi connectivity index (χ1) is 16.6. The van der Waals surface area contributed by atoms with Crippen LogP contribution in [-0.2, 0) is 13.1 Å². The smallest absolute Gasteiger partial charge is 0.0892 e. The predicted octanol–water partition coefficient (Wildman–Crippen LogP) is 7.29. The van der Waals surface area contributed by atoms with E-state index >= 15 is 0 Å². The highest BCUT2D eigenvalue weighted by atomic mass is 35.5. The zero-order chi connectivity index (χ0) is 23.9. The Morgan fingerprint density at radius 1 is 0.647 bits per heavy atom. The fraction of sp³-hybridized carbons (Fsp3) is 0.333. The molecular formula is C27H29Cl4N3. The molecule has 3 aromatic carbocycles. The number of hydrogen-bond acceptors (Lipinski definition) is 3. The molecular weight excluding hydrogens is 508 g/mol. The lowest BCUT2D eigenvalue weighted by Gasteiger charge is -2.31. The van der Waals surface area contributed by atoms with Gasteiger partial charge >= 0.3 is 0 Å². The highest BCUT2D eigenvalue weighted by molar-refractivity contribution is 6.30. The van der Waals surface area contributed by atoms with Crippen molar-refractivity contribution in [3.63, 3.8) is 0 Å². The fourth-order valence-electron chi connectivity index (χ4n) is 4.57. The molecule has 0 aromatic heterocycles. The van der Waals surface area contributed by atoms with Gasteiger partial charge in [-0.25, -0.2) is 0 Å². The zero-order valence-corrected chi connectivity index (χ0v) is 22.0. The molecule has 1 saturated heterocycles. The van der Waals surface area contributed by atoms with E-state index in [2.05, 4.69) is 63.2 Å². The molecule has 0 unspecified atom stereocenters. The van der Waals surface area contributed by atoms with Crippen molar-refractivity contribution in [2.45, 2.75) is 19.3 Å². The van der Waals surface area contributed by atoms with Crippen LogP contribution in [0.1, 0.15) is 22.9 Å². The van der Waals surface area contributed by atoms with Crippen LogP contribution in [0.15, 0.2) is 72.8 Å². The summed E-state index contributed by atoms with van der Waals surface area (Å²) in [5, 5.41) is 1.53. The lowest BCUT2D eigenvalue weighted by molar-refractivity contribution is 0.126. The standard InChI is InChI=1S/C27H29Cl4N3/c28-13-15-32(16-14-29)26-11-5-23(6-12-26)27-33(19-21-1-7-24(30)8-2-21)17-18-34(27)20-22-3-9-25(31)10-4-22/h1-12,27H,13-20H2. The van der Waals surface area contributed by atoms with Crippen molar-refractivity contribution in [3.05, 3.63) is 99.5 Å². The number of hydrogen-bond donors (Lipinski definition) is 0. The van der Waals surface area contributed by atoms with E-state index in [0.717, 1.165) is 55.0 Å². The number of anilines is 1. The van der Waals surface area contributed by atoms with E-state index < -0.39 is 0 Å². The number of rotatable bonds is 10. The molecule has 1 heterocycles. The van der Waals surface area contributed by atoms with Crippen LogP contribution in [0.5, 0.6) is 0 Å². The van der Waals surface area contributed by atoms with Gasteiger partial charge in [-0.3, -0.25) is 9.80 Å². The molecule has 34 heavy (non-hydrogen) atoms. The Labute approximate surface area is 222 Å². The average Bonchev–Trinajstić information content (AvgIpc) is 3.24. The van der Waals surface area contributed by atoms with Crippen LogP contribution in [0.4, 0.5) is 5.69 Å². The molecule has 0 aliphatic carbocycles. The summed E-state index contributed by atoms with van der Waals surface area (Å²) in [6.45, 7) is 5.28. The topological polar surface area (TPSA) is 9.72 Å². The van der Waals surface area contributed by atoms with Gasteiger partial charge in [0.1, 0.15) is 0 Å². The third-order valence-electron chi connectivity index (χ3n) is 6.23. The van der Waals surface area contributed by atoms with Crippen LogP contribution in [0.3, 0.4) is 0 Å². The van der Waals surface area contributed by atoms with E-state index in [0.29, 0.717) is 11.8 Å². The van der Waals surface area contributed by atoms with Gasteiger partial charge in [0.25, 0.3) is 0 Å². The first-order valence-electron chi connectivity index (χ1n) is 11.5. The first-order valence-corrected chi connectivity index (χ1v) is 13.3. The van der Waals surface area contributed by atoms with Gasteiger partial charge in [-0.1, -0.05) is 59.6 Å². The summed E-state index contributed by atoms with van der Waals surface area (Å²) in [6, 6.07) is 25.2. The van der Waals surface area contributed by atoms with E-state index in [1.54, 1.807) is 0 Å². The Kier molecular flexibility index (Phi) is 9.41. The molecule has 3 aromatic rings. The van der Waals surface area contributed by atoms with Gasteiger partial charge in [0.05, 0.1) is 6.17 Å². The summed E-state index contributed by atoms with van der Waals surface area (Å²) in [7, 11) is 0. The summed E-state index contributed by atoms with van der Waals surface area (Å²) in [5.74, 6) is 1.15. The Morgan fingerprint density at radius 2 is 1.09 bits per heavy atom. The maximum Gasteiger partial charge on any atom is 0.0892 e. The molecule has 4 rings (SSSR count). The van der Waals surface area contributed by atoms with Crippen molar-refractivity contribution in [3.8, 4) is 0 Å². The van der Waals surface area contributed by atoms with E-state index in [1.807, 2.05) is 24.3 Å². The van der Waals surface area contributed by atoms with Crippen LogP contribution in [0.25, 0.3) is 0 Å². The second kappa shape index (κ2) is 12.5. The predicted molar refractivity (Wildman–Crippen MR) is 147 cm³/mol. The fourth-order valence-corrected chi connectivity index (χ4v) is 5.23. The second-order valence-electron chi connectivity index (χ2n) is 8.52. The minimum absolute atomic E-state index is 0.176. The van der Waals surface area contributed by atoms with Gasteiger partial charge in [-0.2, -0.15) is 0 Å². The van der Waals surface area contributed by atoms with Crippen molar-refractivity contribution in [1.82, 2.24) is 9.80 Å². The number of nitrogens with zero attached hydrogens (tertiary/aromatic N) is 3.